The summed E-state index contributed by atoms with van der Waals surface area (Å²) in [7, 11) is 3.35. The average Bonchev–Trinajstić information content (AvgIpc) is 2.85. The lowest BCUT2D eigenvalue weighted by Gasteiger charge is -2.10. The van der Waals surface area contributed by atoms with Crippen LogP contribution in [0.5, 0.6) is 0 Å². The van der Waals surface area contributed by atoms with E-state index < -0.39 is 0 Å². The van der Waals surface area contributed by atoms with E-state index in [1.807, 2.05) is 6.92 Å². The van der Waals surface area contributed by atoms with Crippen LogP contribution in [0.15, 0.2) is 5.16 Å². The molecule has 8 heteroatoms. The van der Waals surface area contributed by atoms with Crippen LogP contribution in [0.4, 0.5) is 4.79 Å². The Morgan fingerprint density at radius 3 is 2.80 bits per heavy atom. The molecule has 1 aromatic heterocycles. The monoisotopic (exact) mass is 299 g/mol. The van der Waals surface area contributed by atoms with Crippen molar-refractivity contribution in [1.29, 1.82) is 0 Å². The Morgan fingerprint density at radius 1 is 1.55 bits per heavy atom. The standard InChI is InChI=1S/C12H21N5O2S/c1-5-9(2)10-14-11(20-7-6-13-8-18)17(15-10)12(19)16(3)4/h8-9H,5-7H2,1-4H3,(H,13,18). The van der Waals surface area contributed by atoms with Crippen molar-refractivity contribution >= 4 is 24.2 Å². The van der Waals surface area contributed by atoms with Gasteiger partial charge in [-0.05, 0) is 6.42 Å². The first kappa shape index (κ1) is 16.5. The van der Waals surface area contributed by atoms with Gasteiger partial charge < -0.3 is 10.2 Å². The van der Waals surface area contributed by atoms with Gasteiger partial charge in [0.15, 0.2) is 11.0 Å². The van der Waals surface area contributed by atoms with Crippen LogP contribution in [-0.4, -0.2) is 58.5 Å². The van der Waals surface area contributed by atoms with Gasteiger partial charge in [-0.25, -0.2) is 9.78 Å². The van der Waals surface area contributed by atoms with Crippen molar-refractivity contribution in [3.05, 3.63) is 5.82 Å². The molecule has 0 bridgehead atoms. The maximum Gasteiger partial charge on any atom is 0.346 e. The van der Waals surface area contributed by atoms with E-state index >= 15 is 0 Å². The topological polar surface area (TPSA) is 80.1 Å². The molecule has 1 unspecified atom stereocenters. The summed E-state index contributed by atoms with van der Waals surface area (Å²) in [4.78, 5) is 28.2. The second-order valence-corrected chi connectivity index (χ2v) is 5.63. The molecular weight excluding hydrogens is 278 g/mol. The third kappa shape index (κ3) is 4.22. The zero-order chi connectivity index (χ0) is 15.1. The maximum atomic E-state index is 12.1. The zero-order valence-electron chi connectivity index (χ0n) is 12.3. The van der Waals surface area contributed by atoms with Crippen molar-refractivity contribution in [3.63, 3.8) is 0 Å². The molecule has 1 heterocycles. The third-order valence-electron chi connectivity index (χ3n) is 2.77. The average molecular weight is 299 g/mol. The minimum absolute atomic E-state index is 0.207. The van der Waals surface area contributed by atoms with Crippen LogP contribution >= 0.6 is 11.8 Å². The lowest BCUT2D eigenvalue weighted by molar-refractivity contribution is -0.109. The summed E-state index contributed by atoms with van der Waals surface area (Å²) in [5.74, 6) is 1.52. The number of aromatic nitrogens is 3. The SMILES string of the molecule is CCC(C)c1nc(SCCNC=O)n(C(=O)N(C)C)n1. The largest absolute Gasteiger partial charge is 0.358 e. The van der Waals surface area contributed by atoms with Crippen LogP contribution in [0, 0.1) is 0 Å². The van der Waals surface area contributed by atoms with Gasteiger partial charge in [-0.1, -0.05) is 25.6 Å². The van der Waals surface area contributed by atoms with Crippen molar-refractivity contribution in [3.8, 4) is 0 Å². The first-order valence-electron chi connectivity index (χ1n) is 6.49. The van der Waals surface area contributed by atoms with E-state index in [9.17, 15) is 9.59 Å². The van der Waals surface area contributed by atoms with E-state index in [4.69, 9.17) is 0 Å². The Hall–Kier alpha value is -1.57. The van der Waals surface area contributed by atoms with Crippen LogP contribution in [-0.2, 0) is 4.79 Å². The van der Waals surface area contributed by atoms with Crippen LogP contribution in [0.1, 0.15) is 32.0 Å². The highest BCUT2D eigenvalue weighted by molar-refractivity contribution is 7.99. The minimum atomic E-state index is -0.224. The maximum absolute atomic E-state index is 12.1. The molecule has 0 radical (unpaired) electrons. The summed E-state index contributed by atoms with van der Waals surface area (Å²) >= 11 is 1.40. The number of hydrogen-bond donors (Lipinski definition) is 1. The lowest BCUT2D eigenvalue weighted by Crippen LogP contribution is -2.29. The Bertz CT molecular complexity index is 461. The summed E-state index contributed by atoms with van der Waals surface area (Å²) in [6, 6.07) is -0.224. The smallest absolute Gasteiger partial charge is 0.346 e. The van der Waals surface area contributed by atoms with Gasteiger partial charge in [0.05, 0.1) is 0 Å². The Morgan fingerprint density at radius 2 is 2.25 bits per heavy atom. The third-order valence-corrected chi connectivity index (χ3v) is 3.70. The molecule has 7 nitrogen and oxygen atoms in total. The molecule has 1 aromatic rings. The van der Waals surface area contributed by atoms with Gasteiger partial charge in [-0.3, -0.25) is 4.79 Å². The molecule has 0 aliphatic heterocycles. The molecule has 20 heavy (non-hydrogen) atoms. The second-order valence-electron chi connectivity index (χ2n) is 4.57. The number of amides is 2. The Balaban J connectivity index is 2.90. The number of nitrogens with one attached hydrogen (secondary N) is 1. The summed E-state index contributed by atoms with van der Waals surface area (Å²) in [6.07, 6.45) is 1.57. The fraction of sp³-hybridized carbons (Fsp3) is 0.667. The number of carbonyl (C=O) groups is 2. The normalized spacial score (nSPS) is 12.0. The summed E-state index contributed by atoms with van der Waals surface area (Å²) in [5.41, 5.74) is 0. The van der Waals surface area contributed by atoms with Gasteiger partial charge in [0.1, 0.15) is 0 Å². The van der Waals surface area contributed by atoms with E-state index in [0.717, 1.165) is 6.42 Å². The van der Waals surface area contributed by atoms with Gasteiger partial charge in [0, 0.05) is 32.3 Å². The molecule has 0 aromatic carbocycles. The highest BCUT2D eigenvalue weighted by Crippen LogP contribution is 2.21. The molecule has 0 saturated heterocycles. The highest BCUT2D eigenvalue weighted by Gasteiger charge is 2.20. The van der Waals surface area contributed by atoms with Gasteiger partial charge in [0.2, 0.25) is 6.41 Å². The van der Waals surface area contributed by atoms with Gasteiger partial charge in [0.25, 0.3) is 0 Å². The lowest BCUT2D eigenvalue weighted by atomic mass is 10.1. The molecule has 0 saturated carbocycles. The van der Waals surface area contributed by atoms with E-state index in [1.54, 1.807) is 14.1 Å². The number of rotatable bonds is 7. The van der Waals surface area contributed by atoms with Gasteiger partial charge in [-0.15, -0.1) is 5.10 Å². The summed E-state index contributed by atoms with van der Waals surface area (Å²) < 4.78 is 1.33. The van der Waals surface area contributed by atoms with Gasteiger partial charge >= 0.3 is 6.03 Å². The first-order valence-corrected chi connectivity index (χ1v) is 7.48. The number of carbonyl (C=O) groups excluding carboxylic acids is 2. The van der Waals surface area contributed by atoms with Crippen molar-refractivity contribution in [1.82, 2.24) is 25.0 Å². The number of hydrogen-bond acceptors (Lipinski definition) is 5. The Kier molecular flexibility index (Phi) is 6.50. The number of thioether (sulfide) groups is 1. The van der Waals surface area contributed by atoms with Crippen LogP contribution in [0.2, 0.25) is 0 Å². The van der Waals surface area contributed by atoms with E-state index in [1.165, 1.54) is 21.3 Å². The second kappa shape index (κ2) is 7.88. The molecular formula is C12H21N5O2S. The van der Waals surface area contributed by atoms with Crippen molar-refractivity contribution in [2.75, 3.05) is 26.4 Å². The van der Waals surface area contributed by atoms with Crippen LogP contribution in [0.25, 0.3) is 0 Å². The van der Waals surface area contributed by atoms with Gasteiger partial charge in [-0.2, -0.15) is 4.68 Å². The van der Waals surface area contributed by atoms with E-state index in [0.29, 0.717) is 29.7 Å². The molecule has 0 aliphatic rings. The van der Waals surface area contributed by atoms with E-state index in [2.05, 4.69) is 22.3 Å². The fourth-order valence-electron chi connectivity index (χ4n) is 1.37. The minimum Gasteiger partial charge on any atom is -0.358 e. The molecule has 2 amide bonds. The van der Waals surface area contributed by atoms with E-state index in [-0.39, 0.29) is 11.9 Å². The first-order chi connectivity index (χ1) is 9.51. The molecule has 112 valence electrons. The summed E-state index contributed by atoms with van der Waals surface area (Å²) in [5, 5.41) is 7.44. The molecule has 1 atom stereocenters. The van der Waals surface area contributed by atoms with Crippen molar-refractivity contribution < 1.29 is 9.59 Å². The quantitative estimate of drug-likeness (QED) is 0.464. The highest BCUT2D eigenvalue weighted by atomic mass is 32.2. The van der Waals surface area contributed by atoms with Crippen LogP contribution in [0.3, 0.4) is 0 Å². The molecule has 1 N–H and O–H groups in total. The molecule has 0 aliphatic carbocycles. The fourth-order valence-corrected chi connectivity index (χ4v) is 2.17. The molecule has 0 fully saturated rings. The van der Waals surface area contributed by atoms with Crippen molar-refractivity contribution in [2.24, 2.45) is 0 Å². The van der Waals surface area contributed by atoms with Crippen molar-refractivity contribution in [2.45, 2.75) is 31.3 Å². The predicted octanol–water partition coefficient (Wildman–Crippen LogP) is 1.16. The predicted molar refractivity (Wildman–Crippen MR) is 78.0 cm³/mol. The Labute approximate surface area is 123 Å². The summed E-state index contributed by atoms with van der Waals surface area (Å²) in [6.45, 7) is 4.61. The van der Waals surface area contributed by atoms with Crippen LogP contribution < -0.4 is 5.32 Å². The molecule has 1 rings (SSSR count). The molecule has 0 spiro atoms. The number of nitrogens with zero attached hydrogens (tertiary/aromatic N) is 4. The zero-order valence-corrected chi connectivity index (χ0v) is 13.1.